The third kappa shape index (κ3) is 5.09. The summed E-state index contributed by atoms with van der Waals surface area (Å²) < 4.78 is 0. The van der Waals surface area contributed by atoms with Crippen molar-refractivity contribution in [3.63, 3.8) is 0 Å². The molecule has 0 aliphatic carbocycles. The van der Waals surface area contributed by atoms with E-state index in [0.29, 0.717) is 0 Å². The standard InChI is InChI=1S/C45H39N3/c1-4-46(5-2)35-24-26-39(27-25-35)48(37-14-10-7-11-15-37)43-31-21-34-18-28-40-42(30-20-33-19-29-41(43)45(34)44(33)40)47(36-12-8-6-9-13-36)38-22-16-32(3)17-23-38/h6-31H,4-5H2,1-3H3. The topological polar surface area (TPSA) is 9.72 Å². The van der Waals surface area contributed by atoms with Crippen LogP contribution < -0.4 is 14.7 Å². The largest absolute Gasteiger partial charge is 0.372 e. The van der Waals surface area contributed by atoms with Crippen LogP contribution in [0.5, 0.6) is 0 Å². The number of benzene rings is 8. The second-order valence-electron chi connectivity index (χ2n) is 12.5. The molecule has 48 heavy (non-hydrogen) atoms. The second-order valence-corrected chi connectivity index (χ2v) is 12.5. The van der Waals surface area contributed by atoms with E-state index < -0.39 is 0 Å². The van der Waals surface area contributed by atoms with Gasteiger partial charge in [0, 0.05) is 52.3 Å². The lowest BCUT2D eigenvalue weighted by Crippen LogP contribution is -2.21. The van der Waals surface area contributed by atoms with E-state index in [9.17, 15) is 0 Å². The van der Waals surface area contributed by atoms with Gasteiger partial charge in [0.2, 0.25) is 0 Å². The van der Waals surface area contributed by atoms with Crippen molar-refractivity contribution in [1.82, 2.24) is 0 Å². The van der Waals surface area contributed by atoms with Crippen molar-refractivity contribution in [1.29, 1.82) is 0 Å². The van der Waals surface area contributed by atoms with Gasteiger partial charge in [-0.25, -0.2) is 0 Å². The Labute approximate surface area is 283 Å². The summed E-state index contributed by atoms with van der Waals surface area (Å²) in [6.07, 6.45) is 0. The number of anilines is 7. The van der Waals surface area contributed by atoms with E-state index in [4.69, 9.17) is 0 Å². The van der Waals surface area contributed by atoms with E-state index in [1.165, 1.54) is 54.9 Å². The maximum absolute atomic E-state index is 2.40. The lowest BCUT2D eigenvalue weighted by Gasteiger charge is -2.29. The minimum atomic E-state index is 0.987. The molecule has 0 N–H and O–H groups in total. The van der Waals surface area contributed by atoms with E-state index >= 15 is 0 Å². The Morgan fingerprint density at radius 1 is 0.375 bits per heavy atom. The molecule has 8 rings (SSSR count). The van der Waals surface area contributed by atoms with Gasteiger partial charge in [-0.05, 0) is 115 Å². The molecular formula is C45H39N3. The zero-order chi connectivity index (χ0) is 32.6. The smallest absolute Gasteiger partial charge is 0.0540 e. The van der Waals surface area contributed by atoms with Crippen LogP contribution in [0.3, 0.4) is 0 Å². The van der Waals surface area contributed by atoms with Crippen molar-refractivity contribution in [3.05, 3.63) is 163 Å². The third-order valence-corrected chi connectivity index (χ3v) is 9.66. The van der Waals surface area contributed by atoms with Crippen molar-refractivity contribution in [3.8, 4) is 0 Å². The highest BCUT2D eigenvalue weighted by Gasteiger charge is 2.21. The molecule has 0 amide bonds. The van der Waals surface area contributed by atoms with Gasteiger partial charge in [0.1, 0.15) is 0 Å². The molecule has 3 nitrogen and oxygen atoms in total. The summed E-state index contributed by atoms with van der Waals surface area (Å²) in [6.45, 7) is 8.54. The molecule has 8 aromatic rings. The minimum absolute atomic E-state index is 0.987. The highest BCUT2D eigenvalue weighted by atomic mass is 15.2. The normalized spacial score (nSPS) is 11.4. The highest BCUT2D eigenvalue weighted by molar-refractivity contribution is 6.28. The SMILES string of the molecule is CCN(CC)c1ccc(N(c2ccccc2)c2ccc3ccc4c(N(c5ccccc5)c5ccc(C)cc5)ccc5ccc2c3c54)cc1. The van der Waals surface area contributed by atoms with Crippen LogP contribution in [0.1, 0.15) is 19.4 Å². The molecule has 0 unspecified atom stereocenters. The molecule has 3 heteroatoms. The van der Waals surface area contributed by atoms with E-state index in [0.717, 1.165) is 35.8 Å². The average molecular weight is 622 g/mol. The zero-order valence-corrected chi connectivity index (χ0v) is 27.8. The summed E-state index contributed by atoms with van der Waals surface area (Å²) >= 11 is 0. The molecule has 0 aromatic heterocycles. The first-order valence-electron chi connectivity index (χ1n) is 17.0. The van der Waals surface area contributed by atoms with Gasteiger partial charge >= 0.3 is 0 Å². The van der Waals surface area contributed by atoms with Crippen LogP contribution in [0.2, 0.25) is 0 Å². The van der Waals surface area contributed by atoms with E-state index in [1.54, 1.807) is 0 Å². The summed E-state index contributed by atoms with van der Waals surface area (Å²) in [7, 11) is 0. The maximum atomic E-state index is 2.40. The molecular weight excluding hydrogens is 583 g/mol. The van der Waals surface area contributed by atoms with Gasteiger partial charge in [0.15, 0.2) is 0 Å². The van der Waals surface area contributed by atoms with Crippen LogP contribution >= 0.6 is 0 Å². The lowest BCUT2D eigenvalue weighted by molar-refractivity contribution is 0.866. The number of aryl methyl sites for hydroxylation is 1. The van der Waals surface area contributed by atoms with Gasteiger partial charge in [-0.15, -0.1) is 0 Å². The van der Waals surface area contributed by atoms with Gasteiger partial charge in [-0.1, -0.05) is 90.5 Å². The highest BCUT2D eigenvalue weighted by Crippen LogP contribution is 2.47. The number of para-hydroxylation sites is 2. The van der Waals surface area contributed by atoms with Crippen LogP contribution in [-0.2, 0) is 0 Å². The van der Waals surface area contributed by atoms with Crippen LogP contribution in [0.4, 0.5) is 39.8 Å². The molecule has 0 saturated heterocycles. The molecule has 0 spiro atoms. The number of hydrogen-bond acceptors (Lipinski definition) is 3. The molecule has 8 aromatic carbocycles. The fourth-order valence-electron chi connectivity index (χ4n) is 7.26. The van der Waals surface area contributed by atoms with Crippen LogP contribution in [0.15, 0.2) is 158 Å². The quantitative estimate of drug-likeness (QED) is 0.148. The molecule has 0 aliphatic heterocycles. The Kier molecular flexibility index (Phi) is 7.66. The third-order valence-electron chi connectivity index (χ3n) is 9.66. The Hall–Kier alpha value is -5.80. The first-order valence-corrected chi connectivity index (χ1v) is 17.0. The Balaban J connectivity index is 1.36. The minimum Gasteiger partial charge on any atom is -0.372 e. The molecule has 0 saturated carbocycles. The molecule has 0 atom stereocenters. The fraction of sp³-hybridized carbons (Fsp3) is 0.111. The van der Waals surface area contributed by atoms with E-state index in [2.05, 4.69) is 193 Å². The average Bonchev–Trinajstić information content (AvgIpc) is 3.14. The number of nitrogens with zero attached hydrogens (tertiary/aromatic N) is 3. The van der Waals surface area contributed by atoms with E-state index in [-0.39, 0.29) is 0 Å². The van der Waals surface area contributed by atoms with Gasteiger partial charge < -0.3 is 14.7 Å². The Morgan fingerprint density at radius 2 is 0.750 bits per heavy atom. The summed E-state index contributed by atoms with van der Waals surface area (Å²) in [5.41, 5.74) is 9.40. The summed E-state index contributed by atoms with van der Waals surface area (Å²) in [4.78, 5) is 7.18. The van der Waals surface area contributed by atoms with Gasteiger partial charge in [0.05, 0.1) is 11.4 Å². The monoisotopic (exact) mass is 621 g/mol. The molecule has 0 radical (unpaired) electrons. The van der Waals surface area contributed by atoms with Crippen LogP contribution in [0.25, 0.3) is 32.3 Å². The molecule has 234 valence electrons. The lowest BCUT2D eigenvalue weighted by atomic mass is 9.91. The zero-order valence-electron chi connectivity index (χ0n) is 27.8. The summed E-state index contributed by atoms with van der Waals surface area (Å²) in [5.74, 6) is 0. The van der Waals surface area contributed by atoms with Gasteiger partial charge in [0.25, 0.3) is 0 Å². The van der Waals surface area contributed by atoms with Crippen LogP contribution in [0, 0.1) is 6.92 Å². The predicted octanol–water partition coefficient (Wildman–Crippen LogP) is 12.7. The Morgan fingerprint density at radius 3 is 1.19 bits per heavy atom. The molecule has 0 aliphatic rings. The molecule has 0 heterocycles. The first-order chi connectivity index (χ1) is 23.6. The van der Waals surface area contributed by atoms with E-state index in [1.807, 2.05) is 0 Å². The van der Waals surface area contributed by atoms with Crippen molar-refractivity contribution < 1.29 is 0 Å². The first kappa shape index (κ1) is 29.6. The Bertz CT molecular complexity index is 2310. The fourth-order valence-corrected chi connectivity index (χ4v) is 7.26. The van der Waals surface area contributed by atoms with Crippen LogP contribution in [-0.4, -0.2) is 13.1 Å². The van der Waals surface area contributed by atoms with Crippen molar-refractivity contribution in [2.75, 3.05) is 27.8 Å². The van der Waals surface area contributed by atoms with Gasteiger partial charge in [-0.3, -0.25) is 0 Å². The van der Waals surface area contributed by atoms with Crippen molar-refractivity contribution in [2.24, 2.45) is 0 Å². The van der Waals surface area contributed by atoms with Gasteiger partial charge in [-0.2, -0.15) is 0 Å². The summed E-state index contributed by atoms with van der Waals surface area (Å²) in [6, 6.07) is 57.7. The maximum Gasteiger partial charge on any atom is 0.0540 e. The van der Waals surface area contributed by atoms with Crippen molar-refractivity contribution in [2.45, 2.75) is 20.8 Å². The van der Waals surface area contributed by atoms with Crippen molar-refractivity contribution >= 4 is 72.1 Å². The number of rotatable bonds is 9. The molecule has 0 bridgehead atoms. The molecule has 0 fully saturated rings. The second kappa shape index (κ2) is 12.4. The number of hydrogen-bond donors (Lipinski definition) is 0. The predicted molar refractivity (Wildman–Crippen MR) is 208 cm³/mol. The summed E-state index contributed by atoms with van der Waals surface area (Å²) in [5, 5.41) is 7.55.